The molecule has 0 saturated carbocycles. The Balaban J connectivity index is 2.44. The summed E-state index contributed by atoms with van der Waals surface area (Å²) in [4.78, 5) is 12.6. The third kappa shape index (κ3) is 1.42. The highest BCUT2D eigenvalue weighted by Gasteiger charge is 2.20. The van der Waals surface area contributed by atoms with E-state index < -0.39 is 0 Å². The average molecular weight is 129 g/mol. The molecule has 0 aromatic heterocycles. The van der Waals surface area contributed by atoms with Gasteiger partial charge in [-0.05, 0) is 14.0 Å². The van der Waals surface area contributed by atoms with E-state index in [9.17, 15) is 4.79 Å². The van der Waals surface area contributed by atoms with E-state index in [1.54, 1.807) is 0 Å². The summed E-state index contributed by atoms with van der Waals surface area (Å²) in [5.41, 5.74) is 0. The van der Waals surface area contributed by atoms with Crippen molar-refractivity contribution >= 4 is 5.97 Å². The van der Waals surface area contributed by atoms with Crippen LogP contribution in [0.15, 0.2) is 0 Å². The third-order valence-electron chi connectivity index (χ3n) is 1.59. The number of ether oxygens (including phenoxy) is 1. The van der Waals surface area contributed by atoms with Gasteiger partial charge in [0.1, 0.15) is 0 Å². The smallest absolute Gasteiger partial charge is 0.308 e. The number of rotatable bonds is 0. The largest absolute Gasteiger partial charge is 0.447 e. The van der Waals surface area contributed by atoms with Gasteiger partial charge in [-0.25, -0.2) is 0 Å². The molecule has 0 aromatic rings. The summed E-state index contributed by atoms with van der Waals surface area (Å²) < 4.78 is 4.89. The first kappa shape index (κ1) is 6.55. The normalized spacial score (nSPS) is 30.0. The molecule has 0 amide bonds. The monoisotopic (exact) mass is 129 g/mol. The van der Waals surface area contributed by atoms with Crippen LogP contribution in [0.5, 0.6) is 0 Å². The number of cyclic esters (lactones) is 1. The second-order valence-corrected chi connectivity index (χ2v) is 2.32. The molecule has 0 N–H and O–H groups in total. The van der Waals surface area contributed by atoms with Gasteiger partial charge < -0.3 is 4.74 Å². The van der Waals surface area contributed by atoms with Crippen molar-refractivity contribution in [2.75, 3.05) is 13.6 Å². The molecule has 1 aliphatic heterocycles. The van der Waals surface area contributed by atoms with Crippen LogP contribution in [-0.4, -0.2) is 30.7 Å². The van der Waals surface area contributed by atoms with E-state index in [4.69, 9.17) is 4.74 Å². The Kier molecular flexibility index (Phi) is 1.71. The van der Waals surface area contributed by atoms with Gasteiger partial charge in [0.05, 0.1) is 6.42 Å². The van der Waals surface area contributed by atoms with Crippen molar-refractivity contribution in [2.24, 2.45) is 0 Å². The van der Waals surface area contributed by atoms with E-state index in [1.807, 2.05) is 18.9 Å². The van der Waals surface area contributed by atoms with Crippen LogP contribution in [0.3, 0.4) is 0 Å². The minimum atomic E-state index is -0.0828. The molecular formula is C6H11NO2. The molecule has 3 heteroatoms. The first-order valence-corrected chi connectivity index (χ1v) is 3.10. The van der Waals surface area contributed by atoms with Gasteiger partial charge in [0.2, 0.25) is 0 Å². The Hall–Kier alpha value is -0.570. The Morgan fingerprint density at radius 1 is 1.78 bits per heavy atom. The summed E-state index contributed by atoms with van der Waals surface area (Å²) in [5, 5.41) is 0. The Morgan fingerprint density at radius 2 is 2.44 bits per heavy atom. The van der Waals surface area contributed by atoms with Crippen LogP contribution in [0.25, 0.3) is 0 Å². The van der Waals surface area contributed by atoms with Gasteiger partial charge in [-0.3, -0.25) is 9.69 Å². The molecule has 1 fully saturated rings. The highest BCUT2D eigenvalue weighted by molar-refractivity contribution is 5.70. The van der Waals surface area contributed by atoms with Crippen molar-refractivity contribution in [3.63, 3.8) is 0 Å². The maximum atomic E-state index is 10.6. The molecule has 0 aliphatic carbocycles. The van der Waals surface area contributed by atoms with Crippen LogP contribution < -0.4 is 0 Å². The molecule has 0 spiro atoms. The number of carbonyl (C=O) groups is 1. The summed E-state index contributed by atoms with van der Waals surface area (Å²) >= 11 is 0. The summed E-state index contributed by atoms with van der Waals surface area (Å²) in [6.45, 7) is 2.69. The molecule has 0 aromatic carbocycles. The van der Waals surface area contributed by atoms with Crippen LogP contribution in [0.1, 0.15) is 13.3 Å². The lowest BCUT2D eigenvalue weighted by Crippen LogP contribution is -2.39. The second-order valence-electron chi connectivity index (χ2n) is 2.32. The average Bonchev–Trinajstić information content (AvgIpc) is 1.80. The fraction of sp³-hybridized carbons (Fsp3) is 0.833. The van der Waals surface area contributed by atoms with E-state index in [-0.39, 0.29) is 12.2 Å². The molecule has 1 saturated heterocycles. The zero-order chi connectivity index (χ0) is 6.85. The summed E-state index contributed by atoms with van der Waals surface area (Å²) in [6, 6.07) is 0. The number of hydrogen-bond donors (Lipinski definition) is 0. The SMILES string of the molecule is CC1OC(=O)CCN1C. The van der Waals surface area contributed by atoms with Gasteiger partial charge in [-0.2, -0.15) is 0 Å². The van der Waals surface area contributed by atoms with Gasteiger partial charge >= 0.3 is 5.97 Å². The second kappa shape index (κ2) is 2.35. The lowest BCUT2D eigenvalue weighted by molar-refractivity contribution is -0.164. The van der Waals surface area contributed by atoms with Crippen LogP contribution in [0.2, 0.25) is 0 Å². The zero-order valence-electron chi connectivity index (χ0n) is 5.76. The molecular weight excluding hydrogens is 118 g/mol. The molecule has 1 unspecified atom stereocenters. The van der Waals surface area contributed by atoms with Gasteiger partial charge in [-0.1, -0.05) is 0 Å². The van der Waals surface area contributed by atoms with Crippen LogP contribution in [0, 0.1) is 0 Å². The third-order valence-corrected chi connectivity index (χ3v) is 1.59. The van der Waals surface area contributed by atoms with Gasteiger partial charge in [0, 0.05) is 6.54 Å². The van der Waals surface area contributed by atoms with E-state index in [0.29, 0.717) is 6.42 Å². The van der Waals surface area contributed by atoms with Crippen molar-refractivity contribution in [1.82, 2.24) is 4.90 Å². The van der Waals surface area contributed by atoms with E-state index in [2.05, 4.69) is 0 Å². The van der Waals surface area contributed by atoms with Crippen molar-refractivity contribution in [2.45, 2.75) is 19.6 Å². The molecule has 0 radical (unpaired) electrons. The highest BCUT2D eigenvalue weighted by atomic mass is 16.6. The van der Waals surface area contributed by atoms with Crippen LogP contribution >= 0.6 is 0 Å². The van der Waals surface area contributed by atoms with Gasteiger partial charge in [0.15, 0.2) is 6.23 Å². The van der Waals surface area contributed by atoms with E-state index >= 15 is 0 Å². The van der Waals surface area contributed by atoms with Crippen LogP contribution in [0.4, 0.5) is 0 Å². The molecule has 1 aliphatic rings. The van der Waals surface area contributed by atoms with Gasteiger partial charge in [0.25, 0.3) is 0 Å². The zero-order valence-corrected chi connectivity index (χ0v) is 5.76. The summed E-state index contributed by atoms with van der Waals surface area (Å²) in [7, 11) is 1.94. The van der Waals surface area contributed by atoms with Crippen molar-refractivity contribution < 1.29 is 9.53 Å². The minimum Gasteiger partial charge on any atom is -0.447 e. The number of nitrogens with zero attached hydrogens (tertiary/aromatic N) is 1. The first-order chi connectivity index (χ1) is 4.20. The maximum absolute atomic E-state index is 10.6. The first-order valence-electron chi connectivity index (χ1n) is 3.10. The lowest BCUT2D eigenvalue weighted by atomic mass is 10.3. The van der Waals surface area contributed by atoms with Gasteiger partial charge in [-0.15, -0.1) is 0 Å². The maximum Gasteiger partial charge on any atom is 0.308 e. The molecule has 3 nitrogen and oxygen atoms in total. The van der Waals surface area contributed by atoms with E-state index in [0.717, 1.165) is 6.54 Å². The number of hydrogen-bond acceptors (Lipinski definition) is 3. The molecule has 9 heavy (non-hydrogen) atoms. The highest BCUT2D eigenvalue weighted by Crippen LogP contribution is 2.06. The Labute approximate surface area is 54.6 Å². The van der Waals surface area contributed by atoms with Crippen molar-refractivity contribution in [1.29, 1.82) is 0 Å². The molecule has 1 heterocycles. The predicted molar refractivity (Wildman–Crippen MR) is 32.8 cm³/mol. The molecule has 52 valence electrons. The van der Waals surface area contributed by atoms with Crippen LogP contribution in [-0.2, 0) is 9.53 Å². The Morgan fingerprint density at radius 3 is 2.89 bits per heavy atom. The van der Waals surface area contributed by atoms with Crippen molar-refractivity contribution in [3.8, 4) is 0 Å². The summed E-state index contributed by atoms with van der Waals surface area (Å²) in [5.74, 6) is -0.0828. The fourth-order valence-corrected chi connectivity index (χ4v) is 0.789. The number of carbonyl (C=O) groups excluding carboxylic acids is 1. The lowest BCUT2D eigenvalue weighted by Gasteiger charge is -2.28. The predicted octanol–water partition coefficient (Wildman–Crippen LogP) is 0.211. The Bertz CT molecular complexity index is 124. The standard InChI is InChI=1S/C6H11NO2/c1-5-7(2)4-3-6(8)9-5/h5H,3-4H2,1-2H3. The molecule has 0 bridgehead atoms. The molecule has 1 rings (SSSR count). The fourth-order valence-electron chi connectivity index (χ4n) is 0.789. The molecule has 1 atom stereocenters. The summed E-state index contributed by atoms with van der Waals surface area (Å²) in [6.07, 6.45) is 0.493. The van der Waals surface area contributed by atoms with Crippen molar-refractivity contribution in [3.05, 3.63) is 0 Å². The quantitative estimate of drug-likeness (QED) is 0.438. The number of esters is 1. The van der Waals surface area contributed by atoms with E-state index in [1.165, 1.54) is 0 Å². The minimum absolute atomic E-state index is 0.0359. The topological polar surface area (TPSA) is 29.5 Å².